The predicted octanol–water partition coefficient (Wildman–Crippen LogP) is 1.15. The standard InChI is InChI=1S/C12H19N3O2S/c1-8-6-9(2)15(7-8)10-4-3-5-11(12(10)13)18(14,16)17/h3-5,8-9H,6-7,13H2,1-2H3,(H2,14,16,17). The molecule has 6 heteroatoms. The first-order valence-electron chi connectivity index (χ1n) is 5.98. The van der Waals surface area contributed by atoms with Gasteiger partial charge >= 0.3 is 0 Å². The summed E-state index contributed by atoms with van der Waals surface area (Å²) in [4.78, 5) is 2.15. The molecule has 1 aliphatic rings. The number of nitrogen functional groups attached to an aromatic ring is 1. The number of nitrogens with two attached hydrogens (primary N) is 2. The lowest BCUT2D eigenvalue weighted by molar-refractivity contribution is 0.598. The topological polar surface area (TPSA) is 89.4 Å². The van der Waals surface area contributed by atoms with Crippen molar-refractivity contribution >= 4 is 21.4 Å². The normalized spacial score (nSPS) is 24.5. The zero-order chi connectivity index (χ0) is 13.5. The zero-order valence-electron chi connectivity index (χ0n) is 10.6. The number of benzene rings is 1. The maximum atomic E-state index is 11.4. The highest BCUT2D eigenvalue weighted by atomic mass is 32.2. The number of hydrogen-bond donors (Lipinski definition) is 2. The Balaban J connectivity index is 2.47. The lowest BCUT2D eigenvalue weighted by Gasteiger charge is -2.26. The first-order chi connectivity index (χ1) is 8.30. The number of hydrogen-bond acceptors (Lipinski definition) is 4. The maximum Gasteiger partial charge on any atom is 0.240 e. The summed E-state index contributed by atoms with van der Waals surface area (Å²) in [5, 5.41) is 5.16. The van der Waals surface area contributed by atoms with Crippen molar-refractivity contribution in [3.63, 3.8) is 0 Å². The zero-order valence-corrected chi connectivity index (χ0v) is 11.4. The third kappa shape index (κ3) is 2.30. The van der Waals surface area contributed by atoms with Crippen molar-refractivity contribution in [2.45, 2.75) is 31.2 Å². The van der Waals surface area contributed by atoms with Gasteiger partial charge in [-0.1, -0.05) is 13.0 Å². The smallest absolute Gasteiger partial charge is 0.240 e. The summed E-state index contributed by atoms with van der Waals surface area (Å²) in [6.07, 6.45) is 1.08. The summed E-state index contributed by atoms with van der Waals surface area (Å²) in [5.74, 6) is 0.581. The van der Waals surface area contributed by atoms with E-state index >= 15 is 0 Å². The molecule has 18 heavy (non-hydrogen) atoms. The molecule has 100 valence electrons. The number of para-hydroxylation sites is 1. The van der Waals surface area contributed by atoms with Gasteiger partial charge in [-0.3, -0.25) is 0 Å². The molecular formula is C12H19N3O2S. The van der Waals surface area contributed by atoms with Crippen LogP contribution in [0.1, 0.15) is 20.3 Å². The van der Waals surface area contributed by atoms with E-state index in [0.717, 1.165) is 18.7 Å². The highest BCUT2D eigenvalue weighted by molar-refractivity contribution is 7.89. The molecule has 2 rings (SSSR count). The minimum Gasteiger partial charge on any atom is -0.396 e. The minimum atomic E-state index is -3.77. The molecule has 0 saturated carbocycles. The van der Waals surface area contributed by atoms with E-state index in [0.29, 0.717) is 12.0 Å². The molecule has 2 unspecified atom stereocenters. The Kier molecular flexibility index (Phi) is 3.25. The van der Waals surface area contributed by atoms with Crippen molar-refractivity contribution in [1.29, 1.82) is 0 Å². The summed E-state index contributed by atoms with van der Waals surface area (Å²) in [6, 6.07) is 5.33. The lowest BCUT2D eigenvalue weighted by atomic mass is 10.1. The van der Waals surface area contributed by atoms with E-state index in [9.17, 15) is 8.42 Å². The van der Waals surface area contributed by atoms with Gasteiger partial charge in [0.1, 0.15) is 4.90 Å². The highest BCUT2D eigenvalue weighted by Gasteiger charge is 2.28. The van der Waals surface area contributed by atoms with Gasteiger partial charge < -0.3 is 10.6 Å². The quantitative estimate of drug-likeness (QED) is 0.788. The van der Waals surface area contributed by atoms with E-state index in [4.69, 9.17) is 10.9 Å². The summed E-state index contributed by atoms with van der Waals surface area (Å²) >= 11 is 0. The summed E-state index contributed by atoms with van der Waals surface area (Å²) in [7, 11) is -3.77. The molecule has 1 aliphatic heterocycles. The SMILES string of the molecule is CC1CC(C)N(c2cccc(S(N)(=O)=O)c2N)C1. The number of nitrogens with zero attached hydrogens (tertiary/aromatic N) is 1. The van der Waals surface area contributed by atoms with Gasteiger partial charge in [-0.25, -0.2) is 13.6 Å². The van der Waals surface area contributed by atoms with Gasteiger partial charge in [0.25, 0.3) is 0 Å². The van der Waals surface area contributed by atoms with E-state index in [1.807, 2.05) is 6.07 Å². The molecule has 0 spiro atoms. The van der Waals surface area contributed by atoms with Gasteiger partial charge in [-0.05, 0) is 31.4 Å². The minimum absolute atomic E-state index is 0.00625. The van der Waals surface area contributed by atoms with Crippen LogP contribution in [0, 0.1) is 5.92 Å². The van der Waals surface area contributed by atoms with Crippen LogP contribution in [0.15, 0.2) is 23.1 Å². The van der Waals surface area contributed by atoms with Crippen molar-refractivity contribution in [2.24, 2.45) is 11.1 Å². The van der Waals surface area contributed by atoms with Gasteiger partial charge in [0.2, 0.25) is 10.0 Å². The van der Waals surface area contributed by atoms with Crippen molar-refractivity contribution < 1.29 is 8.42 Å². The summed E-state index contributed by atoms with van der Waals surface area (Å²) in [6.45, 7) is 5.18. The molecule has 2 atom stereocenters. The number of primary sulfonamides is 1. The third-order valence-electron chi connectivity index (χ3n) is 3.44. The molecule has 1 aromatic rings. The fraction of sp³-hybridized carbons (Fsp3) is 0.500. The van der Waals surface area contributed by atoms with Crippen LogP contribution in [0.5, 0.6) is 0 Å². The molecule has 1 saturated heterocycles. The molecule has 5 nitrogen and oxygen atoms in total. The number of rotatable bonds is 2. The Morgan fingerprint density at radius 2 is 2.00 bits per heavy atom. The van der Waals surface area contributed by atoms with Crippen LogP contribution in [0.4, 0.5) is 11.4 Å². The molecule has 0 amide bonds. The van der Waals surface area contributed by atoms with E-state index in [2.05, 4.69) is 18.7 Å². The summed E-state index contributed by atoms with van der Waals surface area (Å²) < 4.78 is 22.9. The Labute approximate surface area is 108 Å². The first-order valence-corrected chi connectivity index (χ1v) is 7.53. The lowest BCUT2D eigenvalue weighted by Crippen LogP contribution is -2.28. The second-order valence-electron chi connectivity index (χ2n) is 5.08. The van der Waals surface area contributed by atoms with Gasteiger partial charge in [0, 0.05) is 12.6 Å². The molecular weight excluding hydrogens is 250 g/mol. The van der Waals surface area contributed by atoms with Gasteiger partial charge in [0.15, 0.2) is 0 Å². The van der Waals surface area contributed by atoms with Crippen LogP contribution in [-0.2, 0) is 10.0 Å². The molecule has 0 aliphatic carbocycles. The van der Waals surface area contributed by atoms with Crippen LogP contribution < -0.4 is 15.8 Å². The van der Waals surface area contributed by atoms with Crippen LogP contribution in [0.3, 0.4) is 0 Å². The van der Waals surface area contributed by atoms with E-state index in [-0.39, 0.29) is 10.6 Å². The maximum absolute atomic E-state index is 11.4. The predicted molar refractivity (Wildman–Crippen MR) is 72.8 cm³/mol. The molecule has 0 aromatic heterocycles. The van der Waals surface area contributed by atoms with Crippen LogP contribution in [0.2, 0.25) is 0 Å². The fourth-order valence-corrected chi connectivity index (χ4v) is 3.35. The second kappa shape index (κ2) is 4.44. The average Bonchev–Trinajstić information content (AvgIpc) is 2.56. The van der Waals surface area contributed by atoms with Gasteiger partial charge in [-0.2, -0.15) is 0 Å². The fourth-order valence-electron chi connectivity index (χ4n) is 2.67. The molecule has 1 heterocycles. The number of anilines is 2. The first kappa shape index (κ1) is 13.2. The molecule has 0 radical (unpaired) electrons. The largest absolute Gasteiger partial charge is 0.396 e. The van der Waals surface area contributed by atoms with Gasteiger partial charge in [0.05, 0.1) is 11.4 Å². The number of sulfonamides is 1. The van der Waals surface area contributed by atoms with Crippen molar-refractivity contribution in [3.8, 4) is 0 Å². The molecule has 0 bridgehead atoms. The summed E-state index contributed by atoms with van der Waals surface area (Å²) in [5.41, 5.74) is 6.97. The van der Waals surface area contributed by atoms with Crippen LogP contribution in [-0.4, -0.2) is 21.0 Å². The Hall–Kier alpha value is -1.27. The van der Waals surface area contributed by atoms with Gasteiger partial charge in [-0.15, -0.1) is 0 Å². The van der Waals surface area contributed by atoms with Crippen LogP contribution >= 0.6 is 0 Å². The van der Waals surface area contributed by atoms with Crippen molar-refractivity contribution in [2.75, 3.05) is 17.2 Å². The Morgan fingerprint density at radius 1 is 1.33 bits per heavy atom. The molecule has 1 aromatic carbocycles. The van der Waals surface area contributed by atoms with E-state index in [1.165, 1.54) is 6.07 Å². The third-order valence-corrected chi connectivity index (χ3v) is 4.41. The highest BCUT2D eigenvalue weighted by Crippen LogP contribution is 2.35. The van der Waals surface area contributed by atoms with Crippen molar-refractivity contribution in [1.82, 2.24) is 0 Å². The van der Waals surface area contributed by atoms with Crippen molar-refractivity contribution in [3.05, 3.63) is 18.2 Å². The molecule has 4 N–H and O–H groups in total. The van der Waals surface area contributed by atoms with E-state index in [1.54, 1.807) is 6.07 Å². The Morgan fingerprint density at radius 3 is 2.50 bits per heavy atom. The molecule has 1 fully saturated rings. The van der Waals surface area contributed by atoms with E-state index < -0.39 is 10.0 Å². The van der Waals surface area contributed by atoms with Crippen LogP contribution in [0.25, 0.3) is 0 Å². The monoisotopic (exact) mass is 269 g/mol. The Bertz CT molecular complexity index is 556. The second-order valence-corrected chi connectivity index (χ2v) is 6.61. The average molecular weight is 269 g/mol.